The van der Waals surface area contributed by atoms with E-state index in [-0.39, 0.29) is 12.7 Å². The SMILES string of the molecule is OCCCOC1CCCOC1. The summed E-state index contributed by atoms with van der Waals surface area (Å²) in [7, 11) is 0. The smallest absolute Gasteiger partial charge is 0.0809 e. The number of ether oxygens (including phenoxy) is 2. The first-order chi connectivity index (χ1) is 5.43. The normalized spacial score (nSPS) is 25.4. The predicted octanol–water partition coefficient (Wildman–Crippen LogP) is 0.564. The highest BCUT2D eigenvalue weighted by molar-refractivity contribution is 4.61. The molecule has 0 aromatic carbocycles. The van der Waals surface area contributed by atoms with Gasteiger partial charge in [0.25, 0.3) is 0 Å². The molecule has 1 unspecified atom stereocenters. The Balaban J connectivity index is 1.96. The van der Waals surface area contributed by atoms with Gasteiger partial charge in [0.1, 0.15) is 0 Å². The van der Waals surface area contributed by atoms with Gasteiger partial charge in [-0.2, -0.15) is 0 Å². The average Bonchev–Trinajstić information content (AvgIpc) is 2.07. The van der Waals surface area contributed by atoms with E-state index in [1.165, 1.54) is 0 Å². The summed E-state index contributed by atoms with van der Waals surface area (Å²) in [6.45, 7) is 2.48. The quantitative estimate of drug-likeness (QED) is 0.611. The third-order valence-corrected chi connectivity index (χ3v) is 1.77. The summed E-state index contributed by atoms with van der Waals surface area (Å²) < 4.78 is 10.7. The first-order valence-corrected chi connectivity index (χ1v) is 4.23. The maximum Gasteiger partial charge on any atom is 0.0809 e. The van der Waals surface area contributed by atoms with Crippen LogP contribution in [0.3, 0.4) is 0 Å². The van der Waals surface area contributed by atoms with Crippen molar-refractivity contribution >= 4 is 0 Å². The van der Waals surface area contributed by atoms with E-state index in [1.54, 1.807) is 0 Å². The van der Waals surface area contributed by atoms with Crippen LogP contribution in [0.4, 0.5) is 0 Å². The molecule has 0 saturated carbocycles. The van der Waals surface area contributed by atoms with Gasteiger partial charge in [-0.1, -0.05) is 0 Å². The van der Waals surface area contributed by atoms with Crippen molar-refractivity contribution in [3.8, 4) is 0 Å². The van der Waals surface area contributed by atoms with Gasteiger partial charge in [0.15, 0.2) is 0 Å². The third-order valence-electron chi connectivity index (χ3n) is 1.77. The van der Waals surface area contributed by atoms with Crippen molar-refractivity contribution in [2.75, 3.05) is 26.4 Å². The molecule has 1 saturated heterocycles. The second-order valence-corrected chi connectivity index (χ2v) is 2.79. The lowest BCUT2D eigenvalue weighted by atomic mass is 10.2. The Morgan fingerprint density at radius 1 is 1.55 bits per heavy atom. The summed E-state index contributed by atoms with van der Waals surface area (Å²) in [5.41, 5.74) is 0. The van der Waals surface area contributed by atoms with Gasteiger partial charge in [0.2, 0.25) is 0 Å². The first-order valence-electron chi connectivity index (χ1n) is 4.23. The molecule has 1 aliphatic heterocycles. The molecule has 1 rings (SSSR count). The minimum absolute atomic E-state index is 0.216. The molecule has 0 spiro atoms. The minimum atomic E-state index is 0.216. The maximum atomic E-state index is 8.48. The molecule has 11 heavy (non-hydrogen) atoms. The van der Waals surface area contributed by atoms with Gasteiger partial charge in [-0.15, -0.1) is 0 Å². The van der Waals surface area contributed by atoms with E-state index < -0.39 is 0 Å². The molecule has 0 aromatic heterocycles. The highest BCUT2D eigenvalue weighted by atomic mass is 16.5. The van der Waals surface area contributed by atoms with Crippen LogP contribution in [0.25, 0.3) is 0 Å². The van der Waals surface area contributed by atoms with E-state index in [0.717, 1.165) is 32.5 Å². The molecule has 66 valence electrons. The second-order valence-electron chi connectivity index (χ2n) is 2.79. The van der Waals surface area contributed by atoms with Crippen LogP contribution < -0.4 is 0 Å². The average molecular weight is 160 g/mol. The number of aliphatic hydroxyl groups is 1. The maximum absolute atomic E-state index is 8.48. The lowest BCUT2D eigenvalue weighted by Crippen LogP contribution is -2.25. The van der Waals surface area contributed by atoms with Crippen LogP contribution in [-0.4, -0.2) is 37.6 Å². The topological polar surface area (TPSA) is 38.7 Å². The molecule has 3 heteroatoms. The van der Waals surface area contributed by atoms with E-state index >= 15 is 0 Å². The second kappa shape index (κ2) is 5.52. The molecule has 1 fully saturated rings. The standard InChI is InChI=1S/C8H16O3/c9-4-2-6-11-8-3-1-5-10-7-8/h8-9H,1-7H2. The van der Waals surface area contributed by atoms with Crippen molar-refractivity contribution in [2.45, 2.75) is 25.4 Å². The fourth-order valence-electron chi connectivity index (χ4n) is 1.16. The van der Waals surface area contributed by atoms with E-state index in [4.69, 9.17) is 14.6 Å². The van der Waals surface area contributed by atoms with E-state index in [0.29, 0.717) is 6.61 Å². The van der Waals surface area contributed by atoms with E-state index in [9.17, 15) is 0 Å². The summed E-state index contributed by atoms with van der Waals surface area (Å²) in [4.78, 5) is 0. The Bertz CT molecular complexity index is 89.3. The molecule has 3 nitrogen and oxygen atoms in total. The molecule has 1 heterocycles. The van der Waals surface area contributed by atoms with Crippen molar-refractivity contribution in [1.82, 2.24) is 0 Å². The van der Waals surface area contributed by atoms with Gasteiger partial charge >= 0.3 is 0 Å². The zero-order chi connectivity index (χ0) is 7.94. The van der Waals surface area contributed by atoms with Crippen molar-refractivity contribution in [3.63, 3.8) is 0 Å². The minimum Gasteiger partial charge on any atom is -0.396 e. The van der Waals surface area contributed by atoms with Gasteiger partial charge in [0, 0.05) is 19.8 Å². The Kier molecular flexibility index (Phi) is 4.50. The van der Waals surface area contributed by atoms with E-state index in [2.05, 4.69) is 0 Å². The van der Waals surface area contributed by atoms with Gasteiger partial charge < -0.3 is 14.6 Å². The highest BCUT2D eigenvalue weighted by Gasteiger charge is 2.13. The Morgan fingerprint density at radius 2 is 2.45 bits per heavy atom. The Hall–Kier alpha value is -0.120. The zero-order valence-corrected chi connectivity index (χ0v) is 6.79. The fourth-order valence-corrected chi connectivity index (χ4v) is 1.16. The van der Waals surface area contributed by atoms with Gasteiger partial charge in [-0.25, -0.2) is 0 Å². The van der Waals surface area contributed by atoms with Crippen molar-refractivity contribution in [2.24, 2.45) is 0 Å². The number of aliphatic hydroxyl groups excluding tert-OH is 1. The van der Waals surface area contributed by atoms with Crippen LogP contribution in [0.1, 0.15) is 19.3 Å². The molecule has 0 radical (unpaired) electrons. The van der Waals surface area contributed by atoms with Crippen LogP contribution in [0.2, 0.25) is 0 Å². The van der Waals surface area contributed by atoms with Crippen LogP contribution >= 0.6 is 0 Å². The molecule has 0 amide bonds. The molecular formula is C8H16O3. The van der Waals surface area contributed by atoms with Crippen molar-refractivity contribution in [3.05, 3.63) is 0 Å². The Morgan fingerprint density at radius 3 is 3.09 bits per heavy atom. The van der Waals surface area contributed by atoms with Crippen LogP contribution in [0, 0.1) is 0 Å². The largest absolute Gasteiger partial charge is 0.396 e. The van der Waals surface area contributed by atoms with Crippen LogP contribution in [0.15, 0.2) is 0 Å². The monoisotopic (exact) mass is 160 g/mol. The third kappa shape index (κ3) is 3.70. The molecule has 0 bridgehead atoms. The Labute approximate surface area is 67.3 Å². The summed E-state index contributed by atoms with van der Waals surface area (Å²) in [6, 6.07) is 0. The fraction of sp³-hybridized carbons (Fsp3) is 1.00. The molecular weight excluding hydrogens is 144 g/mol. The predicted molar refractivity (Wildman–Crippen MR) is 41.5 cm³/mol. The summed E-state index contributed by atoms with van der Waals surface area (Å²) in [5, 5.41) is 8.48. The van der Waals surface area contributed by atoms with E-state index in [1.807, 2.05) is 0 Å². The van der Waals surface area contributed by atoms with Crippen LogP contribution in [0.5, 0.6) is 0 Å². The lowest BCUT2D eigenvalue weighted by Gasteiger charge is -2.22. The molecule has 0 aliphatic carbocycles. The molecule has 1 N–H and O–H groups in total. The van der Waals surface area contributed by atoms with Gasteiger partial charge in [-0.05, 0) is 19.3 Å². The first kappa shape index (κ1) is 8.97. The van der Waals surface area contributed by atoms with Gasteiger partial charge in [-0.3, -0.25) is 0 Å². The highest BCUT2D eigenvalue weighted by Crippen LogP contribution is 2.09. The summed E-state index contributed by atoms with van der Waals surface area (Å²) >= 11 is 0. The molecule has 1 atom stereocenters. The van der Waals surface area contributed by atoms with Crippen molar-refractivity contribution < 1.29 is 14.6 Å². The molecule has 0 aromatic rings. The van der Waals surface area contributed by atoms with Gasteiger partial charge in [0.05, 0.1) is 12.7 Å². The number of hydrogen-bond acceptors (Lipinski definition) is 3. The number of hydrogen-bond donors (Lipinski definition) is 1. The van der Waals surface area contributed by atoms with Crippen LogP contribution in [-0.2, 0) is 9.47 Å². The molecule has 1 aliphatic rings. The van der Waals surface area contributed by atoms with Crippen molar-refractivity contribution in [1.29, 1.82) is 0 Å². The lowest BCUT2D eigenvalue weighted by molar-refractivity contribution is -0.0523. The number of rotatable bonds is 4. The zero-order valence-electron chi connectivity index (χ0n) is 6.79. The summed E-state index contributed by atoms with van der Waals surface area (Å²) in [6.07, 6.45) is 3.21. The summed E-state index contributed by atoms with van der Waals surface area (Å²) in [5.74, 6) is 0.